The van der Waals surface area contributed by atoms with Crippen LogP contribution < -0.4 is 25.5 Å². The monoisotopic (exact) mass is 577 g/mol. The topological polar surface area (TPSA) is 160 Å². The van der Waals surface area contributed by atoms with E-state index in [0.717, 1.165) is 22.3 Å². The minimum Gasteiger partial charge on any atom is -0.496 e. The molecule has 0 bridgehead atoms. The van der Waals surface area contributed by atoms with Gasteiger partial charge in [0.1, 0.15) is 35.7 Å². The average molecular weight is 578 g/mol. The summed E-state index contributed by atoms with van der Waals surface area (Å²) in [5, 5.41) is 18.8. The first-order valence-electron chi connectivity index (χ1n) is 11.6. The van der Waals surface area contributed by atoms with Gasteiger partial charge in [-0.25, -0.2) is 14.3 Å². The lowest BCUT2D eigenvalue weighted by molar-refractivity contribution is -0.688. The summed E-state index contributed by atoms with van der Waals surface area (Å²) >= 11 is 2.53. The number of nitrogens with one attached hydrogen (secondary N) is 1. The predicted octanol–water partition coefficient (Wildman–Crippen LogP) is 0.356. The molecule has 2 atom stereocenters. The summed E-state index contributed by atoms with van der Waals surface area (Å²) in [5.41, 5.74) is 6.30. The molecule has 2 amide bonds. The van der Waals surface area contributed by atoms with Crippen molar-refractivity contribution in [1.82, 2.24) is 15.2 Å². The minimum absolute atomic E-state index is 0.0554. The summed E-state index contributed by atoms with van der Waals surface area (Å²) in [4.78, 5) is 48.4. The van der Waals surface area contributed by atoms with Gasteiger partial charge in [-0.05, 0) is 0 Å². The molecule has 38 heavy (non-hydrogen) atoms. The van der Waals surface area contributed by atoms with Crippen molar-refractivity contribution in [2.24, 2.45) is 5.16 Å². The third kappa shape index (κ3) is 5.26. The lowest BCUT2D eigenvalue weighted by Gasteiger charge is -2.49. The molecule has 15 heteroatoms. The highest BCUT2D eigenvalue weighted by molar-refractivity contribution is 8.00. The normalized spacial score (nSPS) is 19.6. The third-order valence-electron chi connectivity index (χ3n) is 6.08. The Kier molecular flexibility index (Phi) is 7.80. The SMILES string of the molecule is CO/N=C(\C(=O)N[C@H]1C(=O)N2C(C(=O)O)=C(C[n+]3ccc(OC)c([Si](C)(C)C)c3)CS[C@@H]12)c1csc(N)n1. The van der Waals surface area contributed by atoms with E-state index in [4.69, 9.17) is 15.3 Å². The van der Waals surface area contributed by atoms with Crippen LogP contribution in [-0.2, 0) is 25.8 Å². The van der Waals surface area contributed by atoms with Crippen molar-refractivity contribution in [2.75, 3.05) is 25.7 Å². The Bertz CT molecular complexity index is 1350. The van der Waals surface area contributed by atoms with E-state index in [1.807, 2.05) is 23.0 Å². The van der Waals surface area contributed by atoms with Crippen LogP contribution in [0.15, 0.2) is 40.3 Å². The summed E-state index contributed by atoms with van der Waals surface area (Å²) in [5.74, 6) is -1.19. The zero-order chi connectivity index (χ0) is 27.8. The summed E-state index contributed by atoms with van der Waals surface area (Å²) in [7, 11) is 1.18. The number of fused-ring (bicyclic) bond motifs is 1. The maximum absolute atomic E-state index is 13.1. The van der Waals surface area contributed by atoms with E-state index in [9.17, 15) is 19.5 Å². The van der Waals surface area contributed by atoms with Crippen LogP contribution in [0.4, 0.5) is 5.13 Å². The molecule has 0 aliphatic carbocycles. The van der Waals surface area contributed by atoms with Crippen LogP contribution in [0.2, 0.25) is 19.6 Å². The molecule has 4 N–H and O–H groups in total. The zero-order valence-corrected chi connectivity index (χ0v) is 24.2. The van der Waals surface area contributed by atoms with Gasteiger partial charge in [-0.3, -0.25) is 14.5 Å². The van der Waals surface area contributed by atoms with Crippen molar-refractivity contribution in [2.45, 2.75) is 37.6 Å². The number of carboxylic acid groups (broad SMARTS) is 1. The molecule has 4 heterocycles. The summed E-state index contributed by atoms with van der Waals surface area (Å²) < 4.78 is 7.46. The number of nitrogens with two attached hydrogens (primary N) is 1. The van der Waals surface area contributed by atoms with Crippen molar-refractivity contribution in [3.8, 4) is 5.75 Å². The standard InChI is InChI=1S/C23H28N6O6S2Si/c1-34-14-6-7-28(9-15(14)38(3,4)5)8-12-10-36-21-17(20(31)29(21)18(12)22(32)33)26-19(30)16(27-35-2)13-11-37-23(24)25-13/h6-7,9,11,17,21H,8,10H2,1-5H3,(H3-,24,25,26,30,32,33)/p+1/b27-16-/t17-,21-/m0/s1. The number of aliphatic carboxylic acids is 1. The van der Waals surface area contributed by atoms with Gasteiger partial charge in [0.25, 0.3) is 11.8 Å². The van der Waals surface area contributed by atoms with Crippen LogP contribution in [-0.4, -0.2) is 77.9 Å². The molecule has 202 valence electrons. The highest BCUT2D eigenvalue weighted by Gasteiger charge is 2.54. The first-order valence-corrected chi connectivity index (χ1v) is 17.0. The summed E-state index contributed by atoms with van der Waals surface area (Å²) in [6, 6.07) is 0.955. The Balaban J connectivity index is 1.56. The molecule has 0 unspecified atom stereocenters. The number of aromatic nitrogens is 2. The number of ether oxygens (including phenoxy) is 1. The number of pyridine rings is 1. The number of nitrogens with zero attached hydrogens (tertiary/aromatic N) is 4. The fourth-order valence-corrected chi connectivity index (χ4v) is 7.65. The number of nitrogen functional groups attached to an aromatic ring is 1. The molecule has 2 aliphatic rings. The highest BCUT2D eigenvalue weighted by atomic mass is 32.2. The Morgan fingerprint density at radius 2 is 2.11 bits per heavy atom. The Morgan fingerprint density at radius 1 is 1.37 bits per heavy atom. The molecule has 0 radical (unpaired) electrons. The quantitative estimate of drug-likeness (QED) is 0.126. The largest absolute Gasteiger partial charge is 0.496 e. The molecule has 2 aromatic heterocycles. The maximum Gasteiger partial charge on any atom is 0.352 e. The molecule has 2 aliphatic heterocycles. The van der Waals surface area contributed by atoms with Crippen LogP contribution in [0.1, 0.15) is 5.69 Å². The van der Waals surface area contributed by atoms with E-state index in [2.05, 4.69) is 35.1 Å². The van der Waals surface area contributed by atoms with Crippen LogP contribution in [0.5, 0.6) is 5.75 Å². The Morgan fingerprint density at radius 3 is 2.68 bits per heavy atom. The van der Waals surface area contributed by atoms with Gasteiger partial charge in [-0.2, -0.15) is 0 Å². The number of anilines is 1. The van der Waals surface area contributed by atoms with Gasteiger partial charge in [0.2, 0.25) is 0 Å². The molecule has 4 rings (SSSR count). The van der Waals surface area contributed by atoms with Gasteiger partial charge in [-0.15, -0.1) is 23.1 Å². The van der Waals surface area contributed by atoms with Crippen LogP contribution >= 0.6 is 23.1 Å². The van der Waals surface area contributed by atoms with E-state index >= 15 is 0 Å². The molecular formula is C23H29N6O6S2Si+. The fourth-order valence-electron chi connectivity index (χ4n) is 4.29. The van der Waals surface area contributed by atoms with Crippen molar-refractivity contribution in [3.63, 3.8) is 0 Å². The van der Waals surface area contributed by atoms with Gasteiger partial charge in [-0.1, -0.05) is 24.8 Å². The van der Waals surface area contributed by atoms with Gasteiger partial charge in [0.15, 0.2) is 29.8 Å². The second-order valence-corrected chi connectivity index (χ2v) is 16.7. The number of rotatable bonds is 9. The van der Waals surface area contributed by atoms with Crippen molar-refractivity contribution >= 4 is 65.0 Å². The number of oxime groups is 1. The minimum atomic E-state index is -1.74. The molecule has 0 aromatic carbocycles. The number of thiazole rings is 1. The van der Waals surface area contributed by atoms with Crippen LogP contribution in [0.25, 0.3) is 0 Å². The van der Waals surface area contributed by atoms with Crippen molar-refractivity contribution < 1.29 is 33.6 Å². The van der Waals surface area contributed by atoms with Crippen molar-refractivity contribution in [1.29, 1.82) is 0 Å². The Labute approximate surface area is 228 Å². The number of amides is 2. The third-order valence-corrected chi connectivity index (χ3v) is 10.1. The van der Waals surface area contributed by atoms with Crippen LogP contribution in [0, 0.1) is 0 Å². The molecule has 0 spiro atoms. The number of hydrogen-bond donors (Lipinski definition) is 3. The maximum atomic E-state index is 13.1. The van der Waals surface area contributed by atoms with Crippen molar-refractivity contribution in [3.05, 3.63) is 40.8 Å². The zero-order valence-electron chi connectivity index (χ0n) is 21.5. The number of thioether (sulfide) groups is 1. The first-order chi connectivity index (χ1) is 18.0. The van der Waals surface area contributed by atoms with E-state index < -0.39 is 37.3 Å². The lowest BCUT2D eigenvalue weighted by atomic mass is 10.0. The number of carbonyl (C=O) groups is 3. The second-order valence-electron chi connectivity index (χ2n) is 9.66. The number of carbonyl (C=O) groups excluding carboxylic acids is 2. The highest BCUT2D eigenvalue weighted by Crippen LogP contribution is 2.40. The van der Waals surface area contributed by atoms with E-state index in [1.54, 1.807) is 12.5 Å². The number of methoxy groups -OCH3 is 1. The average Bonchev–Trinajstić information content (AvgIpc) is 3.30. The van der Waals surface area contributed by atoms with E-state index in [-0.39, 0.29) is 22.2 Å². The molecule has 0 saturated carbocycles. The van der Waals surface area contributed by atoms with Crippen LogP contribution in [0.3, 0.4) is 0 Å². The number of β-lactam (4-membered cyclic amide) rings is 1. The Hall–Kier alpha value is -3.43. The number of hydrogen-bond acceptors (Lipinski definition) is 10. The van der Waals surface area contributed by atoms with E-state index in [0.29, 0.717) is 17.9 Å². The molecule has 12 nitrogen and oxygen atoms in total. The fraction of sp³-hybridized carbons (Fsp3) is 0.391. The lowest BCUT2D eigenvalue weighted by Crippen LogP contribution is -2.71. The molecule has 1 saturated heterocycles. The van der Waals surface area contributed by atoms with Gasteiger partial charge < -0.3 is 25.7 Å². The second kappa shape index (κ2) is 10.7. The van der Waals surface area contributed by atoms with Gasteiger partial charge in [0.05, 0.1) is 15.2 Å². The van der Waals surface area contributed by atoms with E-state index in [1.165, 1.54) is 23.8 Å². The molecule has 1 fully saturated rings. The molecular weight excluding hydrogens is 549 g/mol. The van der Waals surface area contributed by atoms with Gasteiger partial charge in [0, 0.05) is 28.0 Å². The predicted molar refractivity (Wildman–Crippen MR) is 146 cm³/mol. The number of carboxylic acids is 1. The summed E-state index contributed by atoms with van der Waals surface area (Å²) in [6.45, 7) is 6.92. The molecule has 2 aromatic rings. The summed E-state index contributed by atoms with van der Waals surface area (Å²) in [6.07, 6.45) is 3.84. The first kappa shape index (κ1) is 27.6. The van der Waals surface area contributed by atoms with Gasteiger partial charge >= 0.3 is 5.97 Å². The smallest absolute Gasteiger partial charge is 0.352 e.